The number of hydrogen-bond donors (Lipinski definition) is 0. The van der Waals surface area contributed by atoms with Crippen molar-refractivity contribution in [2.24, 2.45) is 0 Å². The predicted octanol–water partition coefficient (Wildman–Crippen LogP) is 9.12. The Morgan fingerprint density at radius 2 is 1.17 bits per heavy atom. The number of hydrogen-bond acceptors (Lipinski definition) is 8. The lowest BCUT2D eigenvalue weighted by Crippen LogP contribution is -2.41. The van der Waals surface area contributed by atoms with Crippen molar-refractivity contribution in [2.45, 2.75) is 104 Å². The van der Waals surface area contributed by atoms with Crippen LogP contribution in [-0.4, -0.2) is 56.8 Å². The number of thiazole rings is 2. The number of benzene rings is 2. The minimum absolute atomic E-state index is 0.0343. The van der Waals surface area contributed by atoms with Crippen LogP contribution in [0, 0.1) is 0 Å². The van der Waals surface area contributed by atoms with E-state index in [4.69, 9.17) is 42.0 Å². The van der Waals surface area contributed by atoms with Crippen LogP contribution in [0.3, 0.4) is 0 Å². The first-order chi connectivity index (χ1) is 22.1. The highest BCUT2D eigenvalue weighted by Gasteiger charge is 2.52. The standard InChI is InChI=1S/C19H29BClNO4SSi.C13H17BrClNO2SSi/c1-18(2)19(3,4)26-20(25-18)13-8-9-14-16(15(13)21)27-17(23)22(14)12-24-10-11-28(5,6)7;1-20(2,3)7-6-18-8-16-10-5-4-9(14)11(15)12(10)19-13(16)17/h8-9H,10-12H2,1-7H3;4-5H,6-8H2,1-3H3. The van der Waals surface area contributed by atoms with Crippen molar-refractivity contribution in [3.63, 3.8) is 0 Å². The van der Waals surface area contributed by atoms with Gasteiger partial charge in [-0.1, -0.05) is 91.2 Å². The van der Waals surface area contributed by atoms with Gasteiger partial charge in [-0.15, -0.1) is 0 Å². The highest BCUT2D eigenvalue weighted by Crippen LogP contribution is 2.38. The smallest absolute Gasteiger partial charge is 0.399 e. The van der Waals surface area contributed by atoms with Crippen molar-refractivity contribution in [1.29, 1.82) is 0 Å². The molecule has 1 saturated heterocycles. The fourth-order valence-electron chi connectivity index (χ4n) is 4.65. The molecule has 0 N–H and O–H groups in total. The molecule has 0 radical (unpaired) electrons. The molecule has 1 aliphatic rings. The van der Waals surface area contributed by atoms with Crippen molar-refractivity contribution in [1.82, 2.24) is 9.13 Å². The second-order valence-electron chi connectivity index (χ2n) is 15.4. The summed E-state index contributed by atoms with van der Waals surface area (Å²) in [6.07, 6.45) is 0. The summed E-state index contributed by atoms with van der Waals surface area (Å²) in [6.45, 7) is 23.8. The van der Waals surface area contributed by atoms with Gasteiger partial charge in [0.15, 0.2) is 0 Å². The summed E-state index contributed by atoms with van der Waals surface area (Å²) in [5.41, 5.74) is 1.48. The fraction of sp³-hybridized carbons (Fsp3) is 0.562. The van der Waals surface area contributed by atoms with Crippen LogP contribution in [0.1, 0.15) is 27.7 Å². The van der Waals surface area contributed by atoms with E-state index in [1.54, 1.807) is 9.13 Å². The van der Waals surface area contributed by atoms with Gasteiger partial charge in [-0.25, -0.2) is 0 Å². The molecule has 0 saturated carbocycles. The van der Waals surface area contributed by atoms with Gasteiger partial charge in [0, 0.05) is 39.3 Å². The van der Waals surface area contributed by atoms with E-state index < -0.39 is 34.5 Å². The van der Waals surface area contributed by atoms with Crippen LogP contribution in [0.4, 0.5) is 0 Å². The first-order valence-electron chi connectivity index (χ1n) is 15.9. The Hall–Kier alpha value is -0.781. The van der Waals surface area contributed by atoms with Crippen molar-refractivity contribution >= 4 is 111 Å². The summed E-state index contributed by atoms with van der Waals surface area (Å²) >= 11 is 18.6. The van der Waals surface area contributed by atoms with Crippen LogP contribution >= 0.6 is 61.8 Å². The van der Waals surface area contributed by atoms with E-state index in [9.17, 15) is 9.59 Å². The van der Waals surface area contributed by atoms with Crippen LogP contribution in [0.5, 0.6) is 0 Å². The molecule has 0 spiro atoms. The second-order valence-corrected chi connectivity index (χ2v) is 30.2. The maximum absolute atomic E-state index is 12.5. The molecule has 0 unspecified atom stereocenters. The Balaban J connectivity index is 0.000000229. The van der Waals surface area contributed by atoms with Gasteiger partial charge >= 0.3 is 16.9 Å². The van der Waals surface area contributed by atoms with Gasteiger partial charge in [-0.05, 0) is 73.9 Å². The summed E-state index contributed by atoms with van der Waals surface area (Å²) in [4.78, 5) is 24.4. The third-order valence-corrected chi connectivity index (χ3v) is 15.8. The summed E-state index contributed by atoms with van der Waals surface area (Å²) in [5.74, 6) is 0. The molecule has 4 aromatic rings. The number of ether oxygens (including phenoxy) is 2. The van der Waals surface area contributed by atoms with Crippen LogP contribution in [0.15, 0.2) is 38.3 Å². The Bertz CT molecular complexity index is 1860. The Kier molecular flexibility index (Phi) is 12.9. The highest BCUT2D eigenvalue weighted by molar-refractivity contribution is 9.10. The summed E-state index contributed by atoms with van der Waals surface area (Å²) in [7, 11) is -2.82. The number of nitrogens with zero attached hydrogens (tertiary/aromatic N) is 2. The molecule has 1 aliphatic heterocycles. The Morgan fingerprint density at radius 3 is 1.60 bits per heavy atom. The van der Waals surface area contributed by atoms with Crippen molar-refractivity contribution < 1.29 is 18.8 Å². The second kappa shape index (κ2) is 15.4. The zero-order valence-corrected chi connectivity index (χ0v) is 36.2. The molecule has 1 fully saturated rings. The van der Waals surface area contributed by atoms with Gasteiger partial charge < -0.3 is 18.8 Å². The normalized spacial score (nSPS) is 16.1. The quantitative estimate of drug-likeness (QED) is 0.111. The van der Waals surface area contributed by atoms with Gasteiger partial charge in [0.2, 0.25) is 0 Å². The minimum Gasteiger partial charge on any atom is -0.399 e. The molecule has 0 bridgehead atoms. The molecule has 48 heavy (non-hydrogen) atoms. The number of rotatable bonds is 11. The molecule has 0 amide bonds. The first kappa shape index (κ1) is 40.0. The SMILES string of the molecule is CC1(C)OB(c2ccc3c(sc(=O)n3COCC[Si](C)(C)C)c2Cl)OC1(C)C.C[Si](C)(C)CCOCn1c(=O)sc2c(Cl)c(Br)ccc21. The molecular weight excluding hydrogens is 790 g/mol. The van der Waals surface area contributed by atoms with Crippen molar-refractivity contribution in [3.8, 4) is 0 Å². The Labute approximate surface area is 311 Å². The van der Waals surface area contributed by atoms with Gasteiger partial charge in [0.25, 0.3) is 0 Å². The number of fused-ring (bicyclic) bond motifs is 2. The third kappa shape index (κ3) is 9.55. The van der Waals surface area contributed by atoms with E-state index in [-0.39, 0.29) is 16.5 Å². The predicted molar refractivity (Wildman–Crippen MR) is 214 cm³/mol. The number of aromatic nitrogens is 2. The molecule has 5 rings (SSSR count). The molecular formula is C32H46BBrCl2N2O6S2Si2. The van der Waals surface area contributed by atoms with E-state index in [1.807, 2.05) is 52.0 Å². The van der Waals surface area contributed by atoms with Gasteiger partial charge in [0.05, 0.1) is 41.7 Å². The molecule has 0 atom stereocenters. The van der Waals surface area contributed by atoms with Crippen molar-refractivity contribution in [3.05, 3.63) is 58.1 Å². The maximum Gasteiger partial charge on any atom is 0.496 e. The fourth-order valence-corrected chi connectivity index (χ4v) is 9.11. The molecule has 2 aromatic carbocycles. The molecule has 8 nitrogen and oxygen atoms in total. The van der Waals surface area contributed by atoms with E-state index in [0.717, 1.165) is 65.1 Å². The van der Waals surface area contributed by atoms with Gasteiger partial charge in [-0.2, -0.15) is 0 Å². The lowest BCUT2D eigenvalue weighted by atomic mass is 9.79. The van der Waals surface area contributed by atoms with E-state index >= 15 is 0 Å². The molecule has 0 aliphatic carbocycles. The minimum atomic E-state index is -1.16. The lowest BCUT2D eigenvalue weighted by Gasteiger charge is -2.32. The first-order valence-corrected chi connectivity index (χ1v) is 26.5. The average Bonchev–Trinajstić information content (AvgIpc) is 3.53. The largest absolute Gasteiger partial charge is 0.496 e. The third-order valence-electron chi connectivity index (χ3n) is 8.48. The zero-order chi connectivity index (χ0) is 35.8. The zero-order valence-electron chi connectivity index (χ0n) is 29.4. The monoisotopic (exact) mass is 834 g/mol. The molecule has 16 heteroatoms. The van der Waals surface area contributed by atoms with Crippen LogP contribution in [0.2, 0.25) is 61.4 Å². The van der Waals surface area contributed by atoms with Crippen LogP contribution in [-0.2, 0) is 32.2 Å². The summed E-state index contributed by atoms with van der Waals surface area (Å²) in [6, 6.07) is 9.70. The van der Waals surface area contributed by atoms with Gasteiger partial charge in [-0.3, -0.25) is 18.7 Å². The maximum atomic E-state index is 12.5. The lowest BCUT2D eigenvalue weighted by molar-refractivity contribution is 0.00578. The number of halogens is 3. The van der Waals surface area contributed by atoms with Crippen molar-refractivity contribution in [2.75, 3.05) is 13.2 Å². The molecule has 3 heterocycles. The van der Waals surface area contributed by atoms with Crippen LogP contribution in [0.25, 0.3) is 20.4 Å². The Morgan fingerprint density at radius 1 is 0.750 bits per heavy atom. The summed E-state index contributed by atoms with van der Waals surface area (Å²) in [5, 5.41) is 1.10. The average molecular weight is 837 g/mol. The van der Waals surface area contributed by atoms with Crippen LogP contribution < -0.4 is 15.2 Å². The van der Waals surface area contributed by atoms with E-state index in [0.29, 0.717) is 30.0 Å². The molecule has 264 valence electrons. The summed E-state index contributed by atoms with van der Waals surface area (Å²) < 4.78 is 29.3. The van der Waals surface area contributed by atoms with E-state index in [1.165, 1.54) is 0 Å². The molecule has 2 aromatic heterocycles. The van der Waals surface area contributed by atoms with Gasteiger partial charge in [0.1, 0.15) is 13.5 Å². The highest BCUT2D eigenvalue weighted by atomic mass is 79.9. The topological polar surface area (TPSA) is 80.9 Å². The van der Waals surface area contributed by atoms with E-state index in [2.05, 4.69) is 55.2 Å².